The normalized spacial score (nSPS) is 19.0. The molecule has 0 spiro atoms. The number of hydrogen-bond acceptors (Lipinski definition) is 3. The summed E-state index contributed by atoms with van der Waals surface area (Å²) >= 11 is 0. The Bertz CT molecular complexity index is 635. The molecule has 0 aliphatic carbocycles. The van der Waals surface area contributed by atoms with Gasteiger partial charge in [-0.1, -0.05) is 0 Å². The first kappa shape index (κ1) is 16.0. The highest BCUT2D eigenvalue weighted by Crippen LogP contribution is 2.19. The molecule has 23 heavy (non-hydrogen) atoms. The number of rotatable bonds is 5. The fourth-order valence-corrected chi connectivity index (χ4v) is 3.30. The molecule has 2 aromatic rings. The number of likely N-dealkylation sites (tertiary alicyclic amines) is 1. The van der Waals surface area contributed by atoms with Crippen LogP contribution in [0.3, 0.4) is 0 Å². The number of anilines is 1. The Morgan fingerprint density at radius 1 is 1.30 bits per heavy atom. The number of hydrogen-bond donors (Lipinski definition) is 1. The van der Waals surface area contributed by atoms with Gasteiger partial charge in [0.2, 0.25) is 0 Å². The van der Waals surface area contributed by atoms with Crippen molar-refractivity contribution in [1.82, 2.24) is 14.7 Å². The third-order valence-electron chi connectivity index (χ3n) is 4.62. The van der Waals surface area contributed by atoms with E-state index < -0.39 is 0 Å². The van der Waals surface area contributed by atoms with Crippen molar-refractivity contribution >= 4 is 5.69 Å². The minimum atomic E-state index is -0.191. The maximum absolute atomic E-state index is 13.0. The Hall–Kier alpha value is -1.88. The third-order valence-corrected chi connectivity index (χ3v) is 4.62. The lowest BCUT2D eigenvalue weighted by atomic mass is 10.0. The lowest BCUT2D eigenvalue weighted by molar-refractivity contribution is 0.208. The molecule has 0 radical (unpaired) electrons. The van der Waals surface area contributed by atoms with Crippen molar-refractivity contribution in [3.8, 4) is 0 Å². The van der Waals surface area contributed by atoms with Gasteiger partial charge >= 0.3 is 0 Å². The summed E-state index contributed by atoms with van der Waals surface area (Å²) in [6.45, 7) is 8.26. The molecule has 0 amide bonds. The third kappa shape index (κ3) is 3.91. The number of nitrogens with zero attached hydrogens (tertiary/aromatic N) is 3. The smallest absolute Gasteiger partial charge is 0.123 e. The second-order valence-corrected chi connectivity index (χ2v) is 6.30. The van der Waals surface area contributed by atoms with Crippen LogP contribution < -0.4 is 5.32 Å². The number of aryl methyl sites for hydroxylation is 1. The highest BCUT2D eigenvalue weighted by Gasteiger charge is 2.21. The SMILES string of the molecule is CCn1ncc(CN2CCCC(Nc3ccc(F)cc3)C2)c1C. The van der Waals surface area contributed by atoms with E-state index in [0.717, 1.165) is 38.3 Å². The van der Waals surface area contributed by atoms with Crippen LogP contribution in [0.2, 0.25) is 0 Å². The van der Waals surface area contributed by atoms with Crippen LogP contribution in [-0.2, 0) is 13.1 Å². The first-order valence-electron chi connectivity index (χ1n) is 8.41. The number of piperidine rings is 1. The van der Waals surface area contributed by atoms with Gasteiger partial charge in [0.05, 0.1) is 6.20 Å². The Kier molecular flexibility index (Phi) is 4.96. The molecular formula is C18H25FN4. The highest BCUT2D eigenvalue weighted by molar-refractivity contribution is 5.43. The Morgan fingerprint density at radius 3 is 2.78 bits per heavy atom. The van der Waals surface area contributed by atoms with Crippen molar-refractivity contribution in [1.29, 1.82) is 0 Å². The number of nitrogens with one attached hydrogen (secondary N) is 1. The molecule has 1 unspecified atom stereocenters. The van der Waals surface area contributed by atoms with Crippen molar-refractivity contribution in [3.63, 3.8) is 0 Å². The first-order valence-corrected chi connectivity index (χ1v) is 8.41. The molecule has 1 aromatic heterocycles. The topological polar surface area (TPSA) is 33.1 Å². The van der Waals surface area contributed by atoms with Crippen molar-refractivity contribution in [2.45, 2.75) is 45.8 Å². The van der Waals surface area contributed by atoms with Gasteiger partial charge in [0.15, 0.2) is 0 Å². The second kappa shape index (κ2) is 7.13. The lowest BCUT2D eigenvalue weighted by Gasteiger charge is -2.33. The number of benzene rings is 1. The van der Waals surface area contributed by atoms with Crippen molar-refractivity contribution in [3.05, 3.63) is 47.5 Å². The Morgan fingerprint density at radius 2 is 2.09 bits per heavy atom. The van der Waals surface area contributed by atoms with E-state index in [1.165, 1.54) is 29.8 Å². The van der Waals surface area contributed by atoms with Gasteiger partial charge in [-0.2, -0.15) is 5.10 Å². The zero-order valence-electron chi connectivity index (χ0n) is 13.9. The largest absolute Gasteiger partial charge is 0.381 e. The monoisotopic (exact) mass is 316 g/mol. The molecule has 5 heteroatoms. The van der Waals surface area contributed by atoms with Crippen LogP contribution in [0.25, 0.3) is 0 Å². The van der Waals surface area contributed by atoms with E-state index in [4.69, 9.17) is 0 Å². The summed E-state index contributed by atoms with van der Waals surface area (Å²) in [4.78, 5) is 2.48. The van der Waals surface area contributed by atoms with Crippen LogP contribution in [-0.4, -0.2) is 33.8 Å². The summed E-state index contributed by atoms with van der Waals surface area (Å²) in [7, 11) is 0. The maximum atomic E-state index is 13.0. The number of halogens is 1. The van der Waals surface area contributed by atoms with Gasteiger partial charge in [0, 0.05) is 42.6 Å². The van der Waals surface area contributed by atoms with Crippen LogP contribution >= 0.6 is 0 Å². The zero-order valence-corrected chi connectivity index (χ0v) is 13.9. The predicted molar refractivity (Wildman–Crippen MR) is 91.0 cm³/mol. The van der Waals surface area contributed by atoms with Gasteiger partial charge in [-0.25, -0.2) is 4.39 Å². The quantitative estimate of drug-likeness (QED) is 0.917. The molecule has 0 bridgehead atoms. The minimum Gasteiger partial charge on any atom is -0.381 e. The molecular weight excluding hydrogens is 291 g/mol. The number of aromatic nitrogens is 2. The van der Waals surface area contributed by atoms with Gasteiger partial charge in [-0.05, 0) is 57.5 Å². The second-order valence-electron chi connectivity index (χ2n) is 6.30. The average Bonchev–Trinajstić information content (AvgIpc) is 2.90. The molecule has 0 saturated carbocycles. The highest BCUT2D eigenvalue weighted by atomic mass is 19.1. The van der Waals surface area contributed by atoms with Crippen molar-refractivity contribution in [2.24, 2.45) is 0 Å². The van der Waals surface area contributed by atoms with E-state index >= 15 is 0 Å². The Labute approximate surface area is 137 Å². The lowest BCUT2D eigenvalue weighted by Crippen LogP contribution is -2.41. The van der Waals surface area contributed by atoms with Gasteiger partial charge in [0.1, 0.15) is 5.82 Å². The van der Waals surface area contributed by atoms with E-state index in [-0.39, 0.29) is 5.82 Å². The van der Waals surface area contributed by atoms with Crippen LogP contribution in [0, 0.1) is 12.7 Å². The maximum Gasteiger partial charge on any atom is 0.123 e. The average molecular weight is 316 g/mol. The molecule has 1 aliphatic rings. The molecule has 124 valence electrons. The molecule has 3 rings (SSSR count). The van der Waals surface area contributed by atoms with E-state index in [9.17, 15) is 4.39 Å². The molecule has 1 aliphatic heterocycles. The van der Waals surface area contributed by atoms with Crippen molar-refractivity contribution < 1.29 is 4.39 Å². The summed E-state index contributed by atoms with van der Waals surface area (Å²) in [6.07, 6.45) is 4.33. The van der Waals surface area contributed by atoms with Crippen LogP contribution in [0.5, 0.6) is 0 Å². The zero-order chi connectivity index (χ0) is 16.2. The molecule has 1 fully saturated rings. The van der Waals surface area contributed by atoms with E-state index in [2.05, 4.69) is 29.2 Å². The van der Waals surface area contributed by atoms with Gasteiger partial charge < -0.3 is 5.32 Å². The van der Waals surface area contributed by atoms with Crippen LogP contribution in [0.15, 0.2) is 30.5 Å². The molecule has 1 atom stereocenters. The van der Waals surface area contributed by atoms with Gasteiger partial charge in [0.25, 0.3) is 0 Å². The van der Waals surface area contributed by atoms with Crippen molar-refractivity contribution in [2.75, 3.05) is 18.4 Å². The van der Waals surface area contributed by atoms with Crippen LogP contribution in [0.1, 0.15) is 31.0 Å². The molecule has 4 nitrogen and oxygen atoms in total. The Balaban J connectivity index is 1.59. The van der Waals surface area contributed by atoms with E-state index in [0.29, 0.717) is 6.04 Å². The summed E-state index contributed by atoms with van der Waals surface area (Å²) in [5.41, 5.74) is 3.57. The molecule has 2 heterocycles. The standard InChI is InChI=1S/C18H25FN4/c1-3-23-14(2)15(11-20-23)12-22-10-4-5-18(13-22)21-17-8-6-16(19)7-9-17/h6-9,11,18,21H,3-5,10,12-13H2,1-2H3. The van der Waals surface area contributed by atoms with Gasteiger partial charge in [-0.3, -0.25) is 9.58 Å². The summed E-state index contributed by atoms with van der Waals surface area (Å²) in [5, 5.41) is 7.96. The fourth-order valence-electron chi connectivity index (χ4n) is 3.30. The molecule has 1 saturated heterocycles. The summed E-state index contributed by atoms with van der Waals surface area (Å²) < 4.78 is 15.0. The fraction of sp³-hybridized carbons (Fsp3) is 0.500. The van der Waals surface area contributed by atoms with Gasteiger partial charge in [-0.15, -0.1) is 0 Å². The van der Waals surface area contributed by atoms with E-state index in [1.807, 2.05) is 23.0 Å². The summed E-state index contributed by atoms with van der Waals surface area (Å²) in [5.74, 6) is -0.191. The molecule has 1 N–H and O–H groups in total. The minimum absolute atomic E-state index is 0.191. The first-order chi connectivity index (χ1) is 11.2. The molecule has 1 aromatic carbocycles. The van der Waals surface area contributed by atoms with Crippen LogP contribution in [0.4, 0.5) is 10.1 Å². The summed E-state index contributed by atoms with van der Waals surface area (Å²) in [6, 6.07) is 7.04. The predicted octanol–water partition coefficient (Wildman–Crippen LogP) is 3.43. The van der Waals surface area contributed by atoms with E-state index in [1.54, 1.807) is 0 Å².